The lowest BCUT2D eigenvalue weighted by atomic mass is 10.0. The average molecular weight is 292 g/mol. The standard InChI is InChI=1S/C16H20O5/c1-4-5-6-8-20-14-11-7-9-21-15(11)16(19-3)13(18)12(14)10(2)17/h7,9,18H,4-6,8H2,1-3H3. The third-order valence-corrected chi connectivity index (χ3v) is 3.35. The van der Waals surface area contributed by atoms with Crippen molar-refractivity contribution >= 4 is 16.8 Å². The SMILES string of the molecule is CCCCCOc1c(C(C)=O)c(O)c(OC)c2occc12. The fourth-order valence-corrected chi connectivity index (χ4v) is 2.32. The number of methoxy groups -OCH3 is 1. The van der Waals surface area contributed by atoms with E-state index in [-0.39, 0.29) is 22.8 Å². The monoisotopic (exact) mass is 292 g/mol. The molecule has 21 heavy (non-hydrogen) atoms. The van der Waals surface area contributed by atoms with Gasteiger partial charge in [0.05, 0.1) is 25.4 Å². The number of ketones is 1. The number of benzene rings is 1. The molecule has 2 aromatic rings. The first-order valence-electron chi connectivity index (χ1n) is 7.05. The number of unbranched alkanes of at least 4 members (excludes halogenated alkanes) is 2. The maximum absolute atomic E-state index is 11.9. The van der Waals surface area contributed by atoms with E-state index >= 15 is 0 Å². The molecule has 0 radical (unpaired) electrons. The minimum atomic E-state index is -0.278. The summed E-state index contributed by atoms with van der Waals surface area (Å²) in [6.45, 7) is 3.98. The molecule has 0 amide bonds. The molecule has 1 N–H and O–H groups in total. The van der Waals surface area contributed by atoms with Crippen LogP contribution in [0.15, 0.2) is 16.7 Å². The smallest absolute Gasteiger partial charge is 0.205 e. The molecule has 0 aliphatic rings. The number of rotatable bonds is 7. The lowest BCUT2D eigenvalue weighted by molar-refractivity contribution is 0.101. The van der Waals surface area contributed by atoms with Gasteiger partial charge in [-0.15, -0.1) is 0 Å². The first kappa shape index (κ1) is 15.2. The molecule has 5 heteroatoms. The summed E-state index contributed by atoms with van der Waals surface area (Å²) < 4.78 is 16.3. The number of carbonyl (C=O) groups is 1. The Kier molecular flexibility index (Phi) is 4.73. The fraction of sp³-hybridized carbons (Fsp3) is 0.438. The molecule has 1 aromatic carbocycles. The van der Waals surface area contributed by atoms with E-state index in [1.807, 2.05) is 0 Å². The molecule has 0 saturated heterocycles. The van der Waals surface area contributed by atoms with Crippen molar-refractivity contribution in [3.8, 4) is 17.2 Å². The van der Waals surface area contributed by atoms with Gasteiger partial charge in [0, 0.05) is 0 Å². The average Bonchev–Trinajstić information content (AvgIpc) is 2.92. The predicted molar refractivity (Wildman–Crippen MR) is 79.5 cm³/mol. The van der Waals surface area contributed by atoms with Crippen LogP contribution in [0.3, 0.4) is 0 Å². The van der Waals surface area contributed by atoms with Gasteiger partial charge in [-0.05, 0) is 19.4 Å². The Balaban J connectivity index is 2.52. The number of hydrogen-bond donors (Lipinski definition) is 1. The molecule has 0 atom stereocenters. The van der Waals surface area contributed by atoms with Gasteiger partial charge in [-0.1, -0.05) is 19.8 Å². The third kappa shape index (κ3) is 2.82. The molecule has 5 nitrogen and oxygen atoms in total. The second-order valence-corrected chi connectivity index (χ2v) is 4.86. The zero-order valence-electron chi connectivity index (χ0n) is 12.6. The van der Waals surface area contributed by atoms with Crippen LogP contribution in [0.2, 0.25) is 0 Å². The highest BCUT2D eigenvalue weighted by Gasteiger charge is 2.25. The van der Waals surface area contributed by atoms with Crippen molar-refractivity contribution < 1.29 is 23.8 Å². The van der Waals surface area contributed by atoms with E-state index in [9.17, 15) is 9.90 Å². The Labute approximate surface area is 123 Å². The Bertz CT molecular complexity index is 642. The van der Waals surface area contributed by atoms with Crippen LogP contribution in [-0.4, -0.2) is 24.6 Å². The van der Waals surface area contributed by atoms with Gasteiger partial charge in [0.15, 0.2) is 17.1 Å². The van der Waals surface area contributed by atoms with Gasteiger partial charge < -0.3 is 19.0 Å². The number of phenols is 1. The number of hydrogen-bond acceptors (Lipinski definition) is 5. The quantitative estimate of drug-likeness (QED) is 0.618. The first-order valence-corrected chi connectivity index (χ1v) is 7.05. The molecule has 0 spiro atoms. The lowest BCUT2D eigenvalue weighted by Gasteiger charge is -2.14. The van der Waals surface area contributed by atoms with Crippen molar-refractivity contribution in [1.29, 1.82) is 0 Å². The zero-order chi connectivity index (χ0) is 15.4. The van der Waals surface area contributed by atoms with Crippen LogP contribution in [-0.2, 0) is 0 Å². The van der Waals surface area contributed by atoms with Gasteiger partial charge in [0.1, 0.15) is 11.3 Å². The van der Waals surface area contributed by atoms with E-state index in [1.165, 1.54) is 20.3 Å². The topological polar surface area (TPSA) is 68.9 Å². The predicted octanol–water partition coefficient (Wildman–Crippen LogP) is 3.92. The maximum atomic E-state index is 11.9. The molecule has 2 rings (SSSR count). The maximum Gasteiger partial charge on any atom is 0.205 e. The number of Topliss-reactive ketones (excluding diaryl/α,β-unsaturated/α-hetero) is 1. The summed E-state index contributed by atoms with van der Waals surface area (Å²) in [6.07, 6.45) is 4.50. The number of ether oxygens (including phenoxy) is 2. The van der Waals surface area contributed by atoms with Crippen molar-refractivity contribution in [1.82, 2.24) is 0 Å². The van der Waals surface area contributed by atoms with Crippen molar-refractivity contribution in [2.24, 2.45) is 0 Å². The molecular weight excluding hydrogens is 272 g/mol. The normalized spacial score (nSPS) is 10.8. The summed E-state index contributed by atoms with van der Waals surface area (Å²) in [4.78, 5) is 11.9. The molecule has 0 saturated carbocycles. The molecular formula is C16H20O5. The summed E-state index contributed by atoms with van der Waals surface area (Å²) in [5.74, 6) is -0.000839. The van der Waals surface area contributed by atoms with Crippen molar-refractivity contribution in [3.63, 3.8) is 0 Å². The molecule has 0 aliphatic carbocycles. The second kappa shape index (κ2) is 6.52. The van der Waals surface area contributed by atoms with Crippen LogP contribution in [0.1, 0.15) is 43.5 Å². The largest absolute Gasteiger partial charge is 0.504 e. The van der Waals surface area contributed by atoms with E-state index in [2.05, 4.69) is 6.92 Å². The van der Waals surface area contributed by atoms with Gasteiger partial charge >= 0.3 is 0 Å². The summed E-state index contributed by atoms with van der Waals surface area (Å²) >= 11 is 0. The fourth-order valence-electron chi connectivity index (χ4n) is 2.32. The third-order valence-electron chi connectivity index (χ3n) is 3.35. The summed E-state index contributed by atoms with van der Waals surface area (Å²) in [5.41, 5.74) is 0.516. The van der Waals surface area contributed by atoms with Crippen molar-refractivity contribution in [3.05, 3.63) is 17.9 Å². The molecule has 1 heterocycles. The van der Waals surface area contributed by atoms with E-state index in [0.717, 1.165) is 19.3 Å². The second-order valence-electron chi connectivity index (χ2n) is 4.86. The number of furan rings is 1. The van der Waals surface area contributed by atoms with Crippen molar-refractivity contribution in [2.45, 2.75) is 33.1 Å². The molecule has 0 aliphatic heterocycles. The molecule has 0 bridgehead atoms. The highest BCUT2D eigenvalue weighted by Crippen LogP contribution is 2.45. The van der Waals surface area contributed by atoms with Crippen LogP contribution in [0.5, 0.6) is 17.2 Å². The highest BCUT2D eigenvalue weighted by atomic mass is 16.5. The molecule has 114 valence electrons. The Morgan fingerprint density at radius 2 is 2.10 bits per heavy atom. The van der Waals surface area contributed by atoms with Crippen LogP contribution in [0.25, 0.3) is 11.0 Å². The van der Waals surface area contributed by atoms with Crippen LogP contribution >= 0.6 is 0 Å². The number of carbonyl (C=O) groups excluding carboxylic acids is 1. The molecule has 1 aromatic heterocycles. The van der Waals surface area contributed by atoms with E-state index in [1.54, 1.807) is 6.07 Å². The van der Waals surface area contributed by atoms with E-state index in [4.69, 9.17) is 13.9 Å². The first-order chi connectivity index (χ1) is 10.1. The van der Waals surface area contributed by atoms with E-state index in [0.29, 0.717) is 23.3 Å². The van der Waals surface area contributed by atoms with Gasteiger partial charge in [-0.3, -0.25) is 4.79 Å². The van der Waals surface area contributed by atoms with Gasteiger partial charge in [0.25, 0.3) is 0 Å². The number of aromatic hydroxyl groups is 1. The van der Waals surface area contributed by atoms with Crippen LogP contribution < -0.4 is 9.47 Å². The minimum absolute atomic E-state index is 0.136. The Morgan fingerprint density at radius 1 is 1.33 bits per heavy atom. The molecule has 0 unspecified atom stereocenters. The van der Waals surface area contributed by atoms with Gasteiger partial charge in [0.2, 0.25) is 5.75 Å². The highest BCUT2D eigenvalue weighted by molar-refractivity contribution is 6.08. The summed E-state index contributed by atoms with van der Waals surface area (Å²) in [5, 5.41) is 10.9. The van der Waals surface area contributed by atoms with Gasteiger partial charge in [-0.2, -0.15) is 0 Å². The van der Waals surface area contributed by atoms with Crippen LogP contribution in [0.4, 0.5) is 0 Å². The summed E-state index contributed by atoms with van der Waals surface area (Å²) in [7, 11) is 1.42. The molecule has 0 fully saturated rings. The zero-order valence-corrected chi connectivity index (χ0v) is 12.6. The Hall–Kier alpha value is -2.17. The number of phenolic OH excluding ortho intramolecular Hbond substituents is 1. The van der Waals surface area contributed by atoms with Crippen LogP contribution in [0, 0.1) is 0 Å². The van der Waals surface area contributed by atoms with Gasteiger partial charge in [-0.25, -0.2) is 0 Å². The minimum Gasteiger partial charge on any atom is -0.504 e. The number of fused-ring (bicyclic) bond motifs is 1. The lowest BCUT2D eigenvalue weighted by Crippen LogP contribution is -2.05. The summed E-state index contributed by atoms with van der Waals surface area (Å²) in [6, 6.07) is 1.71. The van der Waals surface area contributed by atoms with E-state index < -0.39 is 0 Å². The Morgan fingerprint density at radius 3 is 2.71 bits per heavy atom. The van der Waals surface area contributed by atoms with Crippen molar-refractivity contribution in [2.75, 3.05) is 13.7 Å².